The van der Waals surface area contributed by atoms with Crippen molar-refractivity contribution in [1.29, 1.82) is 0 Å². The number of epoxide rings is 1. The van der Waals surface area contributed by atoms with Gasteiger partial charge in [0.15, 0.2) is 6.10 Å². The molecule has 2 aliphatic rings. The van der Waals surface area contributed by atoms with E-state index in [1.807, 2.05) is 182 Å². The van der Waals surface area contributed by atoms with Gasteiger partial charge in [0.1, 0.15) is 42.7 Å². The van der Waals surface area contributed by atoms with Crippen LogP contribution in [0.25, 0.3) is 0 Å². The van der Waals surface area contributed by atoms with Crippen molar-refractivity contribution in [3.8, 4) is 0 Å². The lowest BCUT2D eigenvalue weighted by Crippen LogP contribution is -2.62. The van der Waals surface area contributed by atoms with Gasteiger partial charge in [0.25, 0.3) is 0 Å². The third-order valence-corrected chi connectivity index (χ3v) is 12.1. The van der Waals surface area contributed by atoms with Gasteiger partial charge >= 0.3 is 5.97 Å². The summed E-state index contributed by atoms with van der Waals surface area (Å²) >= 11 is 0. The predicted octanol–water partition coefficient (Wildman–Crippen LogP) is 8.98. The number of aliphatic hydroxyl groups is 1. The highest BCUT2D eigenvalue weighted by Crippen LogP contribution is 2.35. The molecule has 0 aromatic heterocycles. The van der Waals surface area contributed by atoms with Crippen molar-refractivity contribution in [2.24, 2.45) is 0 Å². The number of hydrogen-bond donors (Lipinski definition) is 1. The molecule has 0 amide bonds. The van der Waals surface area contributed by atoms with Crippen LogP contribution in [0, 0.1) is 0 Å². The number of esters is 1. The third-order valence-electron chi connectivity index (χ3n) is 12.1. The number of carbonyl (C=O) groups excluding carboxylic acids is 1. The molecule has 2 heterocycles. The Hall–Kier alpha value is -5.57. The van der Waals surface area contributed by atoms with Gasteiger partial charge in [0.05, 0.1) is 65.1 Å². The molecule has 356 valence electrons. The molecule has 11 heteroatoms. The van der Waals surface area contributed by atoms with Gasteiger partial charge in [0, 0.05) is 13.3 Å². The van der Waals surface area contributed by atoms with Crippen LogP contribution in [-0.2, 0) is 87.1 Å². The second-order valence-electron chi connectivity index (χ2n) is 17.3. The summed E-state index contributed by atoms with van der Waals surface area (Å²) in [5.74, 6) is -0.590. The minimum Gasteiger partial charge on any atom is -0.457 e. The zero-order chi connectivity index (χ0) is 46.8. The van der Waals surface area contributed by atoms with E-state index in [2.05, 4.69) is 0 Å². The number of hydrogen-bond acceptors (Lipinski definition) is 11. The Morgan fingerprint density at radius 3 is 1.32 bits per heavy atom. The maximum Gasteiger partial charge on any atom is 0.303 e. The van der Waals surface area contributed by atoms with Crippen LogP contribution in [0.15, 0.2) is 182 Å². The molecule has 6 aromatic carbocycles. The highest BCUT2D eigenvalue weighted by molar-refractivity contribution is 5.66. The molecule has 8 rings (SSSR count). The molecule has 1 N–H and O–H groups in total. The number of rotatable bonds is 26. The van der Waals surface area contributed by atoms with E-state index in [4.69, 9.17) is 42.6 Å². The van der Waals surface area contributed by atoms with Gasteiger partial charge in [-0.1, -0.05) is 182 Å². The molecule has 68 heavy (non-hydrogen) atoms. The van der Waals surface area contributed by atoms with Gasteiger partial charge in [0.2, 0.25) is 0 Å². The molecule has 10 atom stereocenters. The van der Waals surface area contributed by atoms with Crippen LogP contribution in [0.4, 0.5) is 0 Å². The topological polar surface area (TPSA) is 124 Å². The fourth-order valence-corrected chi connectivity index (χ4v) is 8.57. The van der Waals surface area contributed by atoms with E-state index < -0.39 is 60.9 Å². The maximum absolute atomic E-state index is 13.2. The molecule has 0 bridgehead atoms. The van der Waals surface area contributed by atoms with Crippen molar-refractivity contribution < 1.29 is 52.5 Å². The Morgan fingerprint density at radius 2 is 0.897 bits per heavy atom. The summed E-state index contributed by atoms with van der Waals surface area (Å²) in [4.78, 5) is 13.2. The fourth-order valence-electron chi connectivity index (χ4n) is 8.57. The molecule has 2 saturated heterocycles. The molecular formula is C57H62O11. The van der Waals surface area contributed by atoms with E-state index in [-0.39, 0.29) is 52.2 Å². The second kappa shape index (κ2) is 25.7. The molecule has 0 unspecified atom stereocenters. The third kappa shape index (κ3) is 14.7. The van der Waals surface area contributed by atoms with Gasteiger partial charge in [-0.15, -0.1) is 0 Å². The minimum atomic E-state index is -1.35. The summed E-state index contributed by atoms with van der Waals surface area (Å²) in [6.07, 6.45) is -8.37. The average molecular weight is 923 g/mol. The number of ether oxygens (including phenoxy) is 9. The van der Waals surface area contributed by atoms with Crippen molar-refractivity contribution in [2.75, 3.05) is 13.2 Å². The minimum absolute atomic E-state index is 0.0503. The molecule has 0 saturated carbocycles. The van der Waals surface area contributed by atoms with Crippen LogP contribution in [0.3, 0.4) is 0 Å². The first-order chi connectivity index (χ1) is 33.5. The lowest BCUT2D eigenvalue weighted by atomic mass is 9.88. The smallest absolute Gasteiger partial charge is 0.303 e. The first kappa shape index (κ1) is 48.9. The molecule has 11 nitrogen and oxygen atoms in total. The molecule has 0 spiro atoms. The average Bonchev–Trinajstić information content (AvgIpc) is 4.23. The first-order valence-electron chi connectivity index (χ1n) is 23.5. The summed E-state index contributed by atoms with van der Waals surface area (Å²) in [6, 6.07) is 59.3. The monoisotopic (exact) mass is 922 g/mol. The summed E-state index contributed by atoms with van der Waals surface area (Å²) in [5, 5.41) is 12.7. The Morgan fingerprint density at radius 1 is 0.515 bits per heavy atom. The molecular weight excluding hydrogens is 861 g/mol. The zero-order valence-corrected chi connectivity index (χ0v) is 38.5. The molecule has 2 aliphatic heterocycles. The van der Waals surface area contributed by atoms with E-state index >= 15 is 0 Å². The number of aliphatic hydroxyl groups excluding tert-OH is 1. The Bertz CT molecular complexity index is 2320. The quantitative estimate of drug-likeness (QED) is 0.0414. The van der Waals surface area contributed by atoms with Crippen LogP contribution >= 0.6 is 0 Å². The van der Waals surface area contributed by atoms with Gasteiger partial charge in [-0.2, -0.15) is 0 Å². The molecule has 6 aromatic rings. The predicted molar refractivity (Wildman–Crippen MR) is 256 cm³/mol. The highest BCUT2D eigenvalue weighted by Gasteiger charge is 2.52. The van der Waals surface area contributed by atoms with E-state index in [1.165, 1.54) is 6.92 Å². The van der Waals surface area contributed by atoms with Crippen LogP contribution in [0.5, 0.6) is 0 Å². The Labute approximate surface area is 399 Å². The molecule has 0 aliphatic carbocycles. The van der Waals surface area contributed by atoms with Crippen LogP contribution in [-0.4, -0.2) is 85.3 Å². The first-order valence-corrected chi connectivity index (χ1v) is 23.5. The highest BCUT2D eigenvalue weighted by atomic mass is 16.6. The van der Waals surface area contributed by atoms with Gasteiger partial charge < -0.3 is 47.7 Å². The Kier molecular flexibility index (Phi) is 18.5. The van der Waals surface area contributed by atoms with Crippen molar-refractivity contribution >= 4 is 5.97 Å². The lowest BCUT2D eigenvalue weighted by Gasteiger charge is -2.47. The van der Waals surface area contributed by atoms with Gasteiger partial charge in [-0.25, -0.2) is 0 Å². The lowest BCUT2D eigenvalue weighted by molar-refractivity contribution is -0.279. The van der Waals surface area contributed by atoms with Crippen LogP contribution in [0.1, 0.15) is 46.7 Å². The summed E-state index contributed by atoms with van der Waals surface area (Å²) < 4.78 is 59.7. The van der Waals surface area contributed by atoms with Crippen LogP contribution < -0.4 is 0 Å². The second-order valence-corrected chi connectivity index (χ2v) is 17.3. The zero-order valence-electron chi connectivity index (χ0n) is 38.5. The summed E-state index contributed by atoms with van der Waals surface area (Å²) in [7, 11) is 0. The van der Waals surface area contributed by atoms with Crippen molar-refractivity contribution in [3.63, 3.8) is 0 Å². The van der Waals surface area contributed by atoms with E-state index in [0.717, 1.165) is 33.4 Å². The van der Waals surface area contributed by atoms with Crippen molar-refractivity contribution in [2.45, 2.75) is 114 Å². The standard InChI is InChI=1S/C57H62O11/c1-41(58)67-52(56(65-37-46-28-16-6-17-29-46)54(50-40-61-50)63-35-44-24-12-4-13-25-44)48(59)32-49-53(62-34-43-22-10-3-11-23-43)57(66-38-47-30-18-7-19-31-47)55(64-36-45-26-14-5-15-27-45)51(68-49)39-60-33-42-20-8-2-9-21-42/h2-31,48-57,59H,32-40H2,1H3/t48-,49+,50+,51-,52-,53+,54-,55-,56-,57-/m1/s1. The number of carbonyl (C=O) groups is 1. The summed E-state index contributed by atoms with van der Waals surface area (Å²) in [5.41, 5.74) is 5.74. The largest absolute Gasteiger partial charge is 0.457 e. The van der Waals surface area contributed by atoms with E-state index in [1.54, 1.807) is 0 Å². The molecule has 0 radical (unpaired) electrons. The normalized spacial score (nSPS) is 21.9. The van der Waals surface area contributed by atoms with Gasteiger partial charge in [-0.05, 0) is 33.4 Å². The maximum atomic E-state index is 13.2. The van der Waals surface area contributed by atoms with Gasteiger partial charge in [-0.3, -0.25) is 4.79 Å². The molecule has 2 fully saturated rings. The number of benzene rings is 6. The fraction of sp³-hybridized carbons (Fsp3) is 0.351. The van der Waals surface area contributed by atoms with E-state index in [0.29, 0.717) is 13.2 Å². The van der Waals surface area contributed by atoms with E-state index in [9.17, 15) is 9.90 Å². The van der Waals surface area contributed by atoms with Crippen molar-refractivity contribution in [3.05, 3.63) is 215 Å². The summed E-state index contributed by atoms with van der Waals surface area (Å²) in [6.45, 7) is 3.38. The SMILES string of the molecule is CC(=O)O[C@@H]([C@@H](OCc1ccccc1)[C@H](OCc1ccccc1)[C@@H]1CO1)[C@H](O)C[C@@H]1O[C@H](COCc2ccccc2)[C@@H](OCc2ccccc2)[C@H](OCc2ccccc2)[C@H]1OCc1ccccc1. The van der Waals surface area contributed by atoms with Crippen molar-refractivity contribution in [1.82, 2.24) is 0 Å². The van der Waals surface area contributed by atoms with Crippen LogP contribution in [0.2, 0.25) is 0 Å². The Balaban J connectivity index is 1.14.